The highest BCUT2D eigenvalue weighted by Crippen LogP contribution is 2.26. The van der Waals surface area contributed by atoms with Crippen LogP contribution in [-0.4, -0.2) is 13.0 Å². The lowest BCUT2D eigenvalue weighted by atomic mass is 10.1. The zero-order valence-electron chi connectivity index (χ0n) is 16.3. The van der Waals surface area contributed by atoms with E-state index in [4.69, 9.17) is 11.6 Å². The molecule has 1 N–H and O–H groups in total. The Kier molecular flexibility index (Phi) is 5.44. The van der Waals surface area contributed by atoms with E-state index < -0.39 is 10.0 Å². The van der Waals surface area contributed by atoms with E-state index in [0.29, 0.717) is 27.5 Å². The Balaban J connectivity index is 1.69. The standard InChI is InChI=1S/C22H19ClN2O3S2/c1-14-3-4-15(2)19(11-14)24-30(27,28)18-9-10-20-21(12-18)29-22(26)25(20)13-16-5-7-17(23)8-6-16/h3-12,24H,13H2,1-2H3. The molecule has 4 aromatic rings. The van der Waals surface area contributed by atoms with Gasteiger partial charge in [-0.25, -0.2) is 8.42 Å². The summed E-state index contributed by atoms with van der Waals surface area (Å²) in [6.45, 7) is 4.15. The van der Waals surface area contributed by atoms with E-state index in [-0.39, 0.29) is 9.77 Å². The van der Waals surface area contributed by atoms with Gasteiger partial charge in [-0.2, -0.15) is 0 Å². The van der Waals surface area contributed by atoms with Crippen molar-refractivity contribution in [2.45, 2.75) is 25.3 Å². The Morgan fingerprint density at radius 3 is 2.47 bits per heavy atom. The van der Waals surface area contributed by atoms with Crippen molar-refractivity contribution in [3.8, 4) is 0 Å². The van der Waals surface area contributed by atoms with Gasteiger partial charge in [0, 0.05) is 5.02 Å². The molecule has 0 aliphatic carbocycles. The van der Waals surface area contributed by atoms with Crippen LogP contribution in [0.25, 0.3) is 10.2 Å². The molecule has 30 heavy (non-hydrogen) atoms. The van der Waals surface area contributed by atoms with Crippen molar-refractivity contribution in [1.29, 1.82) is 0 Å². The minimum Gasteiger partial charge on any atom is -0.294 e. The monoisotopic (exact) mass is 458 g/mol. The topological polar surface area (TPSA) is 68.2 Å². The number of benzene rings is 3. The number of aromatic nitrogens is 1. The van der Waals surface area contributed by atoms with Gasteiger partial charge < -0.3 is 0 Å². The van der Waals surface area contributed by atoms with E-state index in [2.05, 4.69) is 4.72 Å². The molecule has 8 heteroatoms. The molecule has 1 aromatic heterocycles. The van der Waals surface area contributed by atoms with Crippen LogP contribution in [0.15, 0.2) is 70.4 Å². The molecule has 4 rings (SSSR count). The Bertz CT molecular complexity index is 1400. The normalized spacial score (nSPS) is 11.7. The van der Waals surface area contributed by atoms with Crippen LogP contribution in [-0.2, 0) is 16.6 Å². The summed E-state index contributed by atoms with van der Waals surface area (Å²) in [6.07, 6.45) is 0. The average molecular weight is 459 g/mol. The maximum absolute atomic E-state index is 12.9. The summed E-state index contributed by atoms with van der Waals surface area (Å²) in [5.74, 6) is 0. The van der Waals surface area contributed by atoms with Crippen molar-refractivity contribution in [1.82, 2.24) is 4.57 Å². The molecule has 154 valence electrons. The molecule has 0 saturated carbocycles. The van der Waals surface area contributed by atoms with Gasteiger partial charge in [-0.15, -0.1) is 0 Å². The summed E-state index contributed by atoms with van der Waals surface area (Å²) in [4.78, 5) is 12.5. The minimum absolute atomic E-state index is 0.121. The van der Waals surface area contributed by atoms with Gasteiger partial charge in [0.25, 0.3) is 10.0 Å². The molecule has 0 fully saturated rings. The summed E-state index contributed by atoms with van der Waals surface area (Å²) < 4.78 is 30.8. The SMILES string of the molecule is Cc1ccc(C)c(NS(=O)(=O)c2ccc3c(c2)sc(=O)n3Cc2ccc(Cl)cc2)c1. The number of rotatable bonds is 5. The number of halogens is 1. The van der Waals surface area contributed by atoms with Crippen LogP contribution >= 0.6 is 22.9 Å². The van der Waals surface area contributed by atoms with Gasteiger partial charge in [0.15, 0.2) is 0 Å². The van der Waals surface area contributed by atoms with Crippen LogP contribution in [0, 0.1) is 13.8 Å². The predicted octanol–water partition coefficient (Wildman–Crippen LogP) is 5.18. The molecule has 0 bridgehead atoms. The van der Waals surface area contributed by atoms with Gasteiger partial charge in [0.05, 0.1) is 27.3 Å². The number of sulfonamides is 1. The zero-order valence-corrected chi connectivity index (χ0v) is 18.7. The maximum atomic E-state index is 12.9. The lowest BCUT2D eigenvalue weighted by Crippen LogP contribution is -2.14. The zero-order chi connectivity index (χ0) is 21.5. The highest BCUT2D eigenvalue weighted by Gasteiger charge is 2.18. The van der Waals surface area contributed by atoms with E-state index in [1.165, 1.54) is 6.07 Å². The molecule has 0 saturated heterocycles. The van der Waals surface area contributed by atoms with E-state index in [9.17, 15) is 13.2 Å². The molecule has 0 spiro atoms. The van der Waals surface area contributed by atoms with Crippen LogP contribution in [0.2, 0.25) is 5.02 Å². The number of aryl methyl sites for hydroxylation is 2. The third kappa shape index (κ3) is 4.14. The second-order valence-corrected chi connectivity index (χ2v) is 10.2. The number of nitrogens with one attached hydrogen (secondary N) is 1. The highest BCUT2D eigenvalue weighted by atomic mass is 35.5. The maximum Gasteiger partial charge on any atom is 0.308 e. The fourth-order valence-corrected chi connectivity index (χ4v) is 5.46. The van der Waals surface area contributed by atoms with Crippen LogP contribution in [0.1, 0.15) is 16.7 Å². The molecule has 0 amide bonds. The Morgan fingerprint density at radius 1 is 1.00 bits per heavy atom. The van der Waals surface area contributed by atoms with E-state index in [0.717, 1.165) is 28.0 Å². The second-order valence-electron chi connectivity index (χ2n) is 7.13. The minimum atomic E-state index is -3.78. The third-order valence-electron chi connectivity index (χ3n) is 4.84. The van der Waals surface area contributed by atoms with Crippen LogP contribution in [0.3, 0.4) is 0 Å². The molecule has 1 heterocycles. The van der Waals surface area contributed by atoms with Gasteiger partial charge in [0.2, 0.25) is 0 Å². The van der Waals surface area contributed by atoms with Crippen molar-refractivity contribution in [2.75, 3.05) is 4.72 Å². The van der Waals surface area contributed by atoms with Gasteiger partial charge in [-0.3, -0.25) is 14.1 Å². The number of thiazole rings is 1. The Labute approximate surface area is 183 Å². The fraction of sp³-hybridized carbons (Fsp3) is 0.136. The van der Waals surface area contributed by atoms with E-state index in [1.54, 1.807) is 34.9 Å². The Morgan fingerprint density at radius 2 is 1.73 bits per heavy atom. The summed E-state index contributed by atoms with van der Waals surface area (Å²) in [5, 5.41) is 0.632. The lowest BCUT2D eigenvalue weighted by molar-refractivity contribution is 0.601. The summed E-state index contributed by atoms with van der Waals surface area (Å²) in [7, 11) is -3.78. The van der Waals surface area contributed by atoms with Gasteiger partial charge in [-0.05, 0) is 66.9 Å². The molecule has 0 aliphatic heterocycles. The molecule has 3 aromatic carbocycles. The van der Waals surface area contributed by atoms with Gasteiger partial charge >= 0.3 is 4.87 Å². The molecule has 5 nitrogen and oxygen atoms in total. The fourth-order valence-electron chi connectivity index (χ4n) is 3.19. The number of anilines is 1. The van der Waals surface area contributed by atoms with Gasteiger partial charge in [0.1, 0.15) is 0 Å². The molecule has 0 atom stereocenters. The summed E-state index contributed by atoms with van der Waals surface area (Å²) in [5.41, 5.74) is 3.99. The largest absolute Gasteiger partial charge is 0.308 e. The summed E-state index contributed by atoms with van der Waals surface area (Å²) in [6, 6.07) is 17.6. The number of nitrogens with zero attached hydrogens (tertiary/aromatic N) is 1. The number of fused-ring (bicyclic) bond motifs is 1. The first-order valence-electron chi connectivity index (χ1n) is 9.21. The van der Waals surface area contributed by atoms with Crippen molar-refractivity contribution < 1.29 is 8.42 Å². The first kappa shape index (κ1) is 20.7. The van der Waals surface area contributed by atoms with Crippen LogP contribution < -0.4 is 9.60 Å². The quantitative estimate of drug-likeness (QED) is 0.448. The lowest BCUT2D eigenvalue weighted by Gasteiger charge is -2.12. The van der Waals surface area contributed by atoms with Crippen molar-refractivity contribution >= 4 is 48.9 Å². The summed E-state index contributed by atoms with van der Waals surface area (Å²) >= 11 is 6.96. The molecular weight excluding hydrogens is 440 g/mol. The van der Waals surface area contributed by atoms with Gasteiger partial charge in [-0.1, -0.05) is 47.2 Å². The van der Waals surface area contributed by atoms with E-state index in [1.807, 2.05) is 38.1 Å². The van der Waals surface area contributed by atoms with Crippen LogP contribution in [0.5, 0.6) is 0 Å². The van der Waals surface area contributed by atoms with E-state index >= 15 is 0 Å². The second kappa shape index (κ2) is 7.91. The number of hydrogen-bond donors (Lipinski definition) is 1. The molecule has 0 radical (unpaired) electrons. The van der Waals surface area contributed by atoms with Crippen LogP contribution in [0.4, 0.5) is 5.69 Å². The molecule has 0 unspecified atom stereocenters. The first-order valence-corrected chi connectivity index (χ1v) is 11.9. The van der Waals surface area contributed by atoms with Crippen molar-refractivity contribution in [3.63, 3.8) is 0 Å². The van der Waals surface area contributed by atoms with Crippen molar-refractivity contribution in [2.24, 2.45) is 0 Å². The smallest absolute Gasteiger partial charge is 0.294 e. The third-order valence-corrected chi connectivity index (χ3v) is 7.40. The predicted molar refractivity (Wildman–Crippen MR) is 123 cm³/mol. The van der Waals surface area contributed by atoms with Crippen molar-refractivity contribution in [3.05, 3.63) is 92.0 Å². The average Bonchev–Trinajstić information content (AvgIpc) is 3.01. The molecular formula is C22H19ClN2O3S2. The molecule has 0 aliphatic rings. The number of hydrogen-bond acceptors (Lipinski definition) is 4. The Hall–Kier alpha value is -2.61. The first-order chi connectivity index (χ1) is 14.2. The highest BCUT2D eigenvalue weighted by molar-refractivity contribution is 7.92.